The van der Waals surface area contributed by atoms with E-state index in [2.05, 4.69) is 5.32 Å². The van der Waals surface area contributed by atoms with E-state index in [-0.39, 0.29) is 12.8 Å². The van der Waals surface area contributed by atoms with E-state index >= 15 is 0 Å². The highest BCUT2D eigenvalue weighted by atomic mass is 19.4. The highest BCUT2D eigenvalue weighted by Gasteiger charge is 2.33. The van der Waals surface area contributed by atoms with E-state index in [9.17, 15) is 27.9 Å². The number of amides is 1. The Balaban J connectivity index is 3.25. The lowest BCUT2D eigenvalue weighted by molar-refractivity contribution is -0.147. The van der Waals surface area contributed by atoms with Crippen LogP contribution in [0.25, 0.3) is 0 Å². The first-order valence-electron chi connectivity index (χ1n) is 10.1. The molecule has 1 aromatic rings. The van der Waals surface area contributed by atoms with Gasteiger partial charge in [-0.3, -0.25) is 4.79 Å². The van der Waals surface area contributed by atoms with Gasteiger partial charge in [0.05, 0.1) is 11.0 Å². The zero-order valence-corrected chi connectivity index (χ0v) is 18.8. The smallest absolute Gasteiger partial charge is 0.416 e. The molecule has 1 rings (SSSR count). The highest BCUT2D eigenvalue weighted by molar-refractivity contribution is 5.73. The zero-order chi connectivity index (χ0) is 24.0. The molecule has 0 aromatic heterocycles. The van der Waals surface area contributed by atoms with Gasteiger partial charge < -0.3 is 15.2 Å². The fourth-order valence-electron chi connectivity index (χ4n) is 3.00. The fourth-order valence-corrected chi connectivity index (χ4v) is 3.00. The molecular weight excluding hydrogens is 411 g/mol. The summed E-state index contributed by atoms with van der Waals surface area (Å²) in [6.07, 6.45) is -1.07. The minimum atomic E-state index is -4.45. The number of benzene rings is 1. The Morgan fingerprint density at radius 2 is 1.65 bits per heavy atom. The van der Waals surface area contributed by atoms with Crippen molar-refractivity contribution in [1.82, 2.24) is 5.32 Å². The molecule has 174 valence electrons. The van der Waals surface area contributed by atoms with Crippen LogP contribution in [0.2, 0.25) is 0 Å². The average molecular weight is 444 g/mol. The maximum Gasteiger partial charge on any atom is 0.416 e. The molecule has 2 N–H and O–H groups in total. The third kappa shape index (κ3) is 8.63. The number of allylic oxidation sites excluding steroid dienone is 1. The summed E-state index contributed by atoms with van der Waals surface area (Å²) in [6.45, 7) is 10.1. The van der Waals surface area contributed by atoms with Crippen molar-refractivity contribution in [1.29, 1.82) is 0 Å². The van der Waals surface area contributed by atoms with Crippen LogP contribution >= 0.6 is 0 Å². The molecule has 0 radical (unpaired) electrons. The Labute approximate surface area is 181 Å². The van der Waals surface area contributed by atoms with Gasteiger partial charge >= 0.3 is 18.2 Å². The number of alkyl carbamates (subject to hydrolysis) is 1. The SMILES string of the molecule is CC=C[C@H](c1ccc(C(F)(F)F)cc1)[C@@H](CCC(C)(C)C(=O)O)NC(=O)OC(C)(C)C. The highest BCUT2D eigenvalue weighted by Crippen LogP contribution is 2.33. The van der Waals surface area contributed by atoms with Crippen molar-refractivity contribution in [2.75, 3.05) is 0 Å². The van der Waals surface area contributed by atoms with Crippen molar-refractivity contribution in [3.63, 3.8) is 0 Å². The molecule has 0 fully saturated rings. The third-order valence-corrected chi connectivity index (χ3v) is 4.82. The van der Waals surface area contributed by atoms with Gasteiger partial charge in [0.25, 0.3) is 0 Å². The summed E-state index contributed by atoms with van der Waals surface area (Å²) >= 11 is 0. The van der Waals surface area contributed by atoms with Gasteiger partial charge in [-0.25, -0.2) is 4.79 Å². The van der Waals surface area contributed by atoms with Gasteiger partial charge in [0.15, 0.2) is 0 Å². The molecule has 31 heavy (non-hydrogen) atoms. The van der Waals surface area contributed by atoms with Gasteiger partial charge in [0, 0.05) is 12.0 Å². The molecule has 1 aromatic carbocycles. The summed E-state index contributed by atoms with van der Waals surface area (Å²) in [4.78, 5) is 23.9. The van der Waals surface area contributed by atoms with Gasteiger partial charge in [-0.2, -0.15) is 13.2 Å². The lowest BCUT2D eigenvalue weighted by Gasteiger charge is -2.30. The average Bonchev–Trinajstić information content (AvgIpc) is 2.61. The van der Waals surface area contributed by atoms with E-state index in [1.807, 2.05) is 0 Å². The Bertz CT molecular complexity index is 777. The van der Waals surface area contributed by atoms with E-state index in [0.717, 1.165) is 12.1 Å². The largest absolute Gasteiger partial charge is 0.481 e. The fraction of sp³-hybridized carbons (Fsp3) is 0.565. The van der Waals surface area contributed by atoms with E-state index in [0.29, 0.717) is 5.56 Å². The van der Waals surface area contributed by atoms with Crippen LogP contribution in [0.15, 0.2) is 36.4 Å². The molecule has 2 atom stereocenters. The Hall–Kier alpha value is -2.51. The summed E-state index contributed by atoms with van der Waals surface area (Å²) in [6, 6.07) is 4.16. The number of alkyl halides is 3. The van der Waals surface area contributed by atoms with Crippen molar-refractivity contribution >= 4 is 12.1 Å². The predicted molar refractivity (Wildman–Crippen MR) is 113 cm³/mol. The molecule has 0 aliphatic heterocycles. The van der Waals surface area contributed by atoms with Crippen LogP contribution in [0.5, 0.6) is 0 Å². The first-order valence-corrected chi connectivity index (χ1v) is 10.1. The monoisotopic (exact) mass is 443 g/mol. The predicted octanol–water partition coefficient (Wildman–Crippen LogP) is 6.15. The van der Waals surface area contributed by atoms with E-state index < -0.39 is 46.8 Å². The van der Waals surface area contributed by atoms with Gasteiger partial charge in [-0.1, -0.05) is 24.3 Å². The van der Waals surface area contributed by atoms with Crippen LogP contribution in [0, 0.1) is 5.41 Å². The number of hydrogen-bond acceptors (Lipinski definition) is 3. The lowest BCUT2D eigenvalue weighted by atomic mass is 9.81. The number of carboxylic acids is 1. The molecule has 0 aliphatic rings. The van der Waals surface area contributed by atoms with Crippen molar-refractivity contribution in [2.24, 2.45) is 5.41 Å². The third-order valence-electron chi connectivity index (χ3n) is 4.82. The van der Waals surface area contributed by atoms with Crippen LogP contribution in [-0.2, 0) is 15.7 Å². The number of ether oxygens (including phenoxy) is 1. The quantitative estimate of drug-likeness (QED) is 0.473. The van der Waals surface area contributed by atoms with Crippen LogP contribution < -0.4 is 5.32 Å². The van der Waals surface area contributed by atoms with Crippen LogP contribution in [0.1, 0.15) is 71.4 Å². The summed E-state index contributed by atoms with van der Waals surface area (Å²) in [7, 11) is 0. The Morgan fingerprint density at radius 1 is 1.10 bits per heavy atom. The topological polar surface area (TPSA) is 75.6 Å². The molecule has 0 heterocycles. The number of halogens is 3. The molecule has 5 nitrogen and oxygen atoms in total. The number of hydrogen-bond donors (Lipinski definition) is 2. The van der Waals surface area contributed by atoms with Crippen molar-refractivity contribution < 1.29 is 32.6 Å². The molecule has 0 bridgehead atoms. The molecular formula is C23H32F3NO4. The van der Waals surface area contributed by atoms with E-state index in [1.54, 1.807) is 53.7 Å². The summed E-state index contributed by atoms with van der Waals surface area (Å²) in [5.74, 6) is -1.44. The Kier molecular flexibility index (Phi) is 8.73. The standard InChI is InChI=1S/C23H32F3NO4/c1-7-8-17(15-9-11-16(12-10-15)23(24,25)26)18(13-14-22(5,6)19(28)29)27-20(30)31-21(2,3)4/h7-12,17-18H,13-14H2,1-6H3,(H,27,30)(H,28,29)/t17-,18-/m1/s1. The summed E-state index contributed by atoms with van der Waals surface area (Å²) < 4.78 is 44.2. The molecule has 1 amide bonds. The van der Waals surface area contributed by atoms with Crippen LogP contribution in [-0.4, -0.2) is 28.8 Å². The van der Waals surface area contributed by atoms with E-state index in [1.165, 1.54) is 12.1 Å². The number of aliphatic carboxylic acids is 1. The molecule has 0 saturated heterocycles. The van der Waals surface area contributed by atoms with Crippen LogP contribution in [0.3, 0.4) is 0 Å². The van der Waals surface area contributed by atoms with Crippen molar-refractivity contribution in [3.8, 4) is 0 Å². The second kappa shape index (κ2) is 10.2. The van der Waals surface area contributed by atoms with Crippen molar-refractivity contribution in [2.45, 2.75) is 78.1 Å². The van der Waals surface area contributed by atoms with Gasteiger partial charge in [0.2, 0.25) is 0 Å². The summed E-state index contributed by atoms with van der Waals surface area (Å²) in [5, 5.41) is 12.2. The normalized spacial score (nSPS) is 14.9. The van der Waals surface area contributed by atoms with Gasteiger partial charge in [0.1, 0.15) is 5.60 Å². The maximum absolute atomic E-state index is 12.9. The van der Waals surface area contributed by atoms with Crippen LogP contribution in [0.4, 0.5) is 18.0 Å². The number of carboxylic acid groups (broad SMARTS) is 1. The molecule has 0 spiro atoms. The van der Waals surface area contributed by atoms with E-state index in [4.69, 9.17) is 4.74 Å². The number of carbonyl (C=O) groups excluding carboxylic acids is 1. The van der Waals surface area contributed by atoms with Gasteiger partial charge in [-0.05, 0) is 72.1 Å². The molecule has 0 aliphatic carbocycles. The lowest BCUT2D eigenvalue weighted by Crippen LogP contribution is -2.42. The second-order valence-corrected chi connectivity index (χ2v) is 9.15. The second-order valence-electron chi connectivity index (χ2n) is 9.15. The first-order chi connectivity index (χ1) is 14.1. The Morgan fingerprint density at radius 3 is 2.06 bits per heavy atom. The minimum Gasteiger partial charge on any atom is -0.481 e. The summed E-state index contributed by atoms with van der Waals surface area (Å²) in [5.41, 5.74) is -1.96. The molecule has 0 unspecified atom stereocenters. The molecule has 8 heteroatoms. The van der Waals surface area contributed by atoms with Gasteiger partial charge in [-0.15, -0.1) is 0 Å². The number of rotatable bonds is 8. The molecule has 0 saturated carbocycles. The first kappa shape index (κ1) is 26.5. The zero-order valence-electron chi connectivity index (χ0n) is 18.8. The van der Waals surface area contributed by atoms with Crippen molar-refractivity contribution in [3.05, 3.63) is 47.5 Å². The minimum absolute atomic E-state index is 0.248. The number of nitrogens with one attached hydrogen (secondary N) is 1. The number of carbonyl (C=O) groups is 2. The maximum atomic E-state index is 12.9.